The first-order chi connectivity index (χ1) is 6.02. The molecule has 4 heteroatoms. The van der Waals surface area contributed by atoms with Gasteiger partial charge in [0.25, 0.3) is 0 Å². The zero-order valence-electron chi connectivity index (χ0n) is 8.53. The van der Waals surface area contributed by atoms with Crippen LogP contribution in [0.15, 0.2) is 0 Å². The van der Waals surface area contributed by atoms with Crippen LogP contribution in [0.5, 0.6) is 0 Å². The summed E-state index contributed by atoms with van der Waals surface area (Å²) in [6.45, 7) is 3.57. The van der Waals surface area contributed by atoms with Gasteiger partial charge < -0.3 is 9.80 Å². The van der Waals surface area contributed by atoms with Crippen molar-refractivity contribution in [2.24, 2.45) is 0 Å². The van der Waals surface area contributed by atoms with E-state index in [-0.39, 0.29) is 11.2 Å². The summed E-state index contributed by atoms with van der Waals surface area (Å²) in [4.78, 5) is 15.6. The first kappa shape index (κ1) is 10.9. The van der Waals surface area contributed by atoms with Gasteiger partial charge in [-0.2, -0.15) is 12.6 Å². The Hall–Kier alpha value is -0.220. The summed E-state index contributed by atoms with van der Waals surface area (Å²) >= 11 is 4.14. The van der Waals surface area contributed by atoms with Gasteiger partial charge in [-0.3, -0.25) is 4.79 Å². The molecule has 0 saturated carbocycles. The summed E-state index contributed by atoms with van der Waals surface area (Å²) in [6, 6.07) is 0.524. The monoisotopic (exact) mass is 202 g/mol. The second-order valence-electron chi connectivity index (χ2n) is 3.87. The Balaban J connectivity index is 2.45. The lowest BCUT2D eigenvalue weighted by molar-refractivity contribution is -0.129. The molecular weight excluding hydrogens is 184 g/mol. The van der Waals surface area contributed by atoms with Gasteiger partial charge in [-0.15, -0.1) is 0 Å². The summed E-state index contributed by atoms with van der Waals surface area (Å²) in [5.41, 5.74) is 0. The van der Waals surface area contributed by atoms with E-state index in [0.29, 0.717) is 6.04 Å². The highest BCUT2D eigenvalue weighted by molar-refractivity contribution is 7.81. The lowest BCUT2D eigenvalue weighted by Gasteiger charge is -2.21. The maximum Gasteiger partial charge on any atom is 0.235 e. The standard InChI is InChI=1S/C9H18N2OS/c1-7(13)9(12)11-5-4-8(6-11)10(2)3/h7-8,13H,4-6H2,1-3H3. The first-order valence-corrected chi connectivity index (χ1v) is 5.17. The van der Waals surface area contributed by atoms with Crippen LogP contribution in [0, 0.1) is 0 Å². The van der Waals surface area contributed by atoms with Crippen molar-refractivity contribution in [1.29, 1.82) is 0 Å². The summed E-state index contributed by atoms with van der Waals surface area (Å²) in [5.74, 6) is 0.160. The Kier molecular flexibility index (Phi) is 3.62. The number of nitrogens with zero attached hydrogens (tertiary/aromatic N) is 2. The minimum atomic E-state index is -0.166. The Morgan fingerprint density at radius 1 is 1.62 bits per heavy atom. The molecule has 1 heterocycles. The summed E-state index contributed by atoms with van der Waals surface area (Å²) in [5, 5.41) is -0.166. The van der Waals surface area contributed by atoms with Crippen LogP contribution >= 0.6 is 12.6 Å². The van der Waals surface area contributed by atoms with E-state index >= 15 is 0 Å². The summed E-state index contributed by atoms with van der Waals surface area (Å²) in [6.07, 6.45) is 1.08. The molecule has 0 N–H and O–H groups in total. The van der Waals surface area contributed by atoms with Gasteiger partial charge in [0.1, 0.15) is 0 Å². The number of rotatable bonds is 2. The van der Waals surface area contributed by atoms with Crippen LogP contribution in [0.2, 0.25) is 0 Å². The minimum absolute atomic E-state index is 0.160. The van der Waals surface area contributed by atoms with E-state index < -0.39 is 0 Å². The molecule has 1 fully saturated rings. The largest absolute Gasteiger partial charge is 0.340 e. The van der Waals surface area contributed by atoms with E-state index in [0.717, 1.165) is 19.5 Å². The number of carbonyl (C=O) groups excluding carboxylic acids is 1. The van der Waals surface area contributed by atoms with Crippen LogP contribution < -0.4 is 0 Å². The van der Waals surface area contributed by atoms with Crippen molar-refractivity contribution in [3.63, 3.8) is 0 Å². The molecule has 0 bridgehead atoms. The maximum absolute atomic E-state index is 11.5. The molecule has 2 unspecified atom stereocenters. The molecule has 2 atom stereocenters. The fraction of sp³-hybridized carbons (Fsp3) is 0.889. The van der Waals surface area contributed by atoms with Crippen molar-refractivity contribution in [2.75, 3.05) is 27.2 Å². The quantitative estimate of drug-likeness (QED) is 0.658. The molecule has 0 aliphatic carbocycles. The van der Waals surface area contributed by atoms with Crippen LogP contribution in [0.1, 0.15) is 13.3 Å². The van der Waals surface area contributed by atoms with Crippen LogP contribution in [-0.4, -0.2) is 54.2 Å². The van der Waals surface area contributed by atoms with Gasteiger partial charge in [0.15, 0.2) is 0 Å². The van der Waals surface area contributed by atoms with E-state index in [1.807, 2.05) is 11.8 Å². The second kappa shape index (κ2) is 4.33. The number of likely N-dealkylation sites (N-methyl/N-ethyl adjacent to an activating group) is 1. The Labute approximate surface area is 85.5 Å². The predicted molar refractivity (Wildman–Crippen MR) is 57.1 cm³/mol. The van der Waals surface area contributed by atoms with Crippen molar-refractivity contribution in [3.05, 3.63) is 0 Å². The van der Waals surface area contributed by atoms with E-state index in [1.54, 1.807) is 0 Å². The zero-order valence-corrected chi connectivity index (χ0v) is 9.42. The molecular formula is C9H18N2OS. The van der Waals surface area contributed by atoms with E-state index in [2.05, 4.69) is 31.6 Å². The summed E-state index contributed by atoms with van der Waals surface area (Å²) in [7, 11) is 4.12. The molecule has 1 aliphatic heterocycles. The Morgan fingerprint density at radius 2 is 2.23 bits per heavy atom. The van der Waals surface area contributed by atoms with Crippen molar-refractivity contribution < 1.29 is 4.79 Å². The molecule has 1 saturated heterocycles. The van der Waals surface area contributed by atoms with Gasteiger partial charge in [0.05, 0.1) is 5.25 Å². The maximum atomic E-state index is 11.5. The Morgan fingerprint density at radius 3 is 2.62 bits per heavy atom. The third-order valence-electron chi connectivity index (χ3n) is 2.56. The van der Waals surface area contributed by atoms with Crippen molar-refractivity contribution in [3.8, 4) is 0 Å². The average Bonchev–Trinajstić information content (AvgIpc) is 2.50. The highest BCUT2D eigenvalue weighted by atomic mass is 32.1. The van der Waals surface area contributed by atoms with Crippen LogP contribution in [-0.2, 0) is 4.79 Å². The molecule has 0 radical (unpaired) electrons. The molecule has 0 aromatic carbocycles. The molecule has 3 nitrogen and oxygen atoms in total. The van der Waals surface area contributed by atoms with Crippen LogP contribution in [0.4, 0.5) is 0 Å². The van der Waals surface area contributed by atoms with Gasteiger partial charge >= 0.3 is 0 Å². The highest BCUT2D eigenvalue weighted by Crippen LogP contribution is 2.15. The van der Waals surface area contributed by atoms with Crippen molar-refractivity contribution >= 4 is 18.5 Å². The molecule has 1 aliphatic rings. The van der Waals surface area contributed by atoms with Gasteiger partial charge in [-0.1, -0.05) is 0 Å². The number of hydrogen-bond acceptors (Lipinski definition) is 3. The molecule has 0 spiro atoms. The lowest BCUT2D eigenvalue weighted by atomic mass is 10.2. The van der Waals surface area contributed by atoms with Gasteiger partial charge in [0.2, 0.25) is 5.91 Å². The fourth-order valence-electron chi connectivity index (χ4n) is 1.63. The summed E-state index contributed by atoms with van der Waals surface area (Å²) < 4.78 is 0. The number of hydrogen-bond donors (Lipinski definition) is 1. The molecule has 1 amide bonds. The van der Waals surface area contributed by atoms with E-state index in [1.165, 1.54) is 0 Å². The second-order valence-corrected chi connectivity index (χ2v) is 4.64. The average molecular weight is 202 g/mol. The fourth-order valence-corrected chi connectivity index (χ4v) is 1.79. The van der Waals surface area contributed by atoms with E-state index in [9.17, 15) is 4.79 Å². The van der Waals surface area contributed by atoms with Gasteiger partial charge in [-0.05, 0) is 27.4 Å². The zero-order chi connectivity index (χ0) is 10.0. The van der Waals surface area contributed by atoms with Gasteiger partial charge in [-0.25, -0.2) is 0 Å². The number of likely N-dealkylation sites (tertiary alicyclic amines) is 1. The van der Waals surface area contributed by atoms with Crippen LogP contribution in [0.25, 0.3) is 0 Å². The van der Waals surface area contributed by atoms with Gasteiger partial charge in [0, 0.05) is 19.1 Å². The normalized spacial score (nSPS) is 25.3. The van der Waals surface area contributed by atoms with E-state index in [4.69, 9.17) is 0 Å². The number of carbonyl (C=O) groups is 1. The molecule has 0 aromatic heterocycles. The molecule has 13 heavy (non-hydrogen) atoms. The number of amides is 1. The highest BCUT2D eigenvalue weighted by Gasteiger charge is 2.28. The molecule has 76 valence electrons. The topological polar surface area (TPSA) is 23.6 Å². The van der Waals surface area contributed by atoms with Crippen molar-refractivity contribution in [1.82, 2.24) is 9.80 Å². The lowest BCUT2D eigenvalue weighted by Crippen LogP contribution is -2.37. The minimum Gasteiger partial charge on any atom is -0.340 e. The van der Waals surface area contributed by atoms with Crippen molar-refractivity contribution in [2.45, 2.75) is 24.6 Å². The molecule has 0 aromatic rings. The third kappa shape index (κ3) is 2.61. The molecule has 1 rings (SSSR count). The third-order valence-corrected chi connectivity index (χ3v) is 2.78. The Bertz CT molecular complexity index is 194. The number of thiol groups is 1. The smallest absolute Gasteiger partial charge is 0.235 e. The SMILES string of the molecule is CC(S)C(=O)N1CCC(N(C)C)C1. The van der Waals surface area contributed by atoms with Crippen LogP contribution in [0.3, 0.4) is 0 Å². The predicted octanol–water partition coefficient (Wildman–Crippen LogP) is 0.467. The first-order valence-electron chi connectivity index (χ1n) is 4.65.